The molecule has 21 heavy (non-hydrogen) atoms. The summed E-state index contributed by atoms with van der Waals surface area (Å²) in [5.74, 6) is 0.256. The third-order valence-electron chi connectivity index (χ3n) is 3.47. The number of nitrogens with one attached hydrogen (secondary N) is 1. The first kappa shape index (κ1) is 15.6. The summed E-state index contributed by atoms with van der Waals surface area (Å²) in [6.45, 7) is 6.13. The van der Waals surface area contributed by atoms with E-state index < -0.39 is 10.0 Å². The summed E-state index contributed by atoms with van der Waals surface area (Å²) in [5.41, 5.74) is 2.76. The Labute approximate surface area is 127 Å². The summed E-state index contributed by atoms with van der Waals surface area (Å²) in [6, 6.07) is 14.5. The first-order valence-corrected chi connectivity index (χ1v) is 8.63. The van der Waals surface area contributed by atoms with Crippen molar-refractivity contribution in [3.05, 3.63) is 59.7 Å². The molecule has 0 saturated carbocycles. The highest BCUT2D eigenvalue weighted by Gasteiger charge is 2.16. The van der Waals surface area contributed by atoms with Crippen LogP contribution in [0.1, 0.15) is 37.8 Å². The van der Waals surface area contributed by atoms with E-state index in [-0.39, 0.29) is 5.92 Å². The van der Waals surface area contributed by atoms with Gasteiger partial charge in [0, 0.05) is 0 Å². The zero-order valence-corrected chi connectivity index (χ0v) is 13.4. The Morgan fingerprint density at radius 1 is 1.00 bits per heavy atom. The highest BCUT2D eigenvalue weighted by atomic mass is 32.2. The van der Waals surface area contributed by atoms with Gasteiger partial charge in [-0.05, 0) is 41.7 Å². The Bertz CT molecular complexity index is 704. The van der Waals surface area contributed by atoms with Crippen LogP contribution in [-0.4, -0.2) is 8.42 Å². The summed E-state index contributed by atoms with van der Waals surface area (Å²) in [4.78, 5) is 0.290. The van der Waals surface area contributed by atoms with Crippen LogP contribution < -0.4 is 4.72 Å². The van der Waals surface area contributed by atoms with E-state index in [0.29, 0.717) is 10.6 Å². The molecule has 2 aromatic carbocycles. The smallest absolute Gasteiger partial charge is 0.261 e. The van der Waals surface area contributed by atoms with Gasteiger partial charge in [0.2, 0.25) is 0 Å². The van der Waals surface area contributed by atoms with E-state index in [0.717, 1.165) is 17.5 Å². The van der Waals surface area contributed by atoms with E-state index in [2.05, 4.69) is 4.72 Å². The van der Waals surface area contributed by atoms with E-state index in [1.807, 2.05) is 51.1 Å². The van der Waals surface area contributed by atoms with Gasteiger partial charge in [-0.15, -0.1) is 0 Å². The lowest BCUT2D eigenvalue weighted by atomic mass is 10.0. The zero-order chi connectivity index (χ0) is 15.5. The van der Waals surface area contributed by atoms with Crippen molar-refractivity contribution in [2.24, 2.45) is 0 Å². The van der Waals surface area contributed by atoms with Crippen LogP contribution in [0.3, 0.4) is 0 Å². The molecular weight excluding hydrogens is 282 g/mol. The molecular formula is C17H21NO2S. The molecule has 0 aliphatic carbocycles. The molecule has 0 radical (unpaired) electrons. The molecule has 0 aromatic heterocycles. The molecule has 4 heteroatoms. The molecule has 2 aromatic rings. The number of aryl methyl sites for hydroxylation is 1. The zero-order valence-electron chi connectivity index (χ0n) is 12.6. The van der Waals surface area contributed by atoms with E-state index >= 15 is 0 Å². The number of sulfonamides is 1. The van der Waals surface area contributed by atoms with Crippen molar-refractivity contribution >= 4 is 15.7 Å². The summed E-state index contributed by atoms with van der Waals surface area (Å²) >= 11 is 0. The minimum absolute atomic E-state index is 0.256. The molecule has 0 aliphatic heterocycles. The van der Waals surface area contributed by atoms with Gasteiger partial charge in [0.25, 0.3) is 10.0 Å². The van der Waals surface area contributed by atoms with Crippen molar-refractivity contribution in [1.29, 1.82) is 0 Å². The lowest BCUT2D eigenvalue weighted by Gasteiger charge is -2.15. The molecule has 2 rings (SSSR count). The average molecular weight is 303 g/mol. The van der Waals surface area contributed by atoms with Crippen LogP contribution in [0.15, 0.2) is 53.4 Å². The van der Waals surface area contributed by atoms with Crippen LogP contribution in [0.25, 0.3) is 0 Å². The molecule has 0 aliphatic rings. The Morgan fingerprint density at radius 2 is 1.62 bits per heavy atom. The van der Waals surface area contributed by atoms with Crippen LogP contribution in [-0.2, 0) is 16.4 Å². The fourth-order valence-electron chi connectivity index (χ4n) is 2.20. The van der Waals surface area contributed by atoms with E-state index in [4.69, 9.17) is 0 Å². The molecule has 0 spiro atoms. The van der Waals surface area contributed by atoms with Crippen LogP contribution in [0.2, 0.25) is 0 Å². The Balaban J connectivity index is 2.33. The second-order valence-corrected chi connectivity index (χ2v) is 7.03. The first-order chi connectivity index (χ1) is 9.94. The molecule has 112 valence electrons. The first-order valence-electron chi connectivity index (χ1n) is 7.14. The molecule has 0 bridgehead atoms. The molecule has 0 saturated heterocycles. The predicted molar refractivity (Wildman–Crippen MR) is 87.2 cm³/mol. The second kappa shape index (κ2) is 6.31. The Hall–Kier alpha value is -1.81. The summed E-state index contributed by atoms with van der Waals surface area (Å²) in [7, 11) is -3.54. The maximum absolute atomic E-state index is 12.5. The molecule has 0 amide bonds. The van der Waals surface area contributed by atoms with Crippen molar-refractivity contribution in [1.82, 2.24) is 0 Å². The third-order valence-corrected chi connectivity index (χ3v) is 4.85. The van der Waals surface area contributed by atoms with Gasteiger partial charge >= 0.3 is 0 Å². The predicted octanol–water partition coefficient (Wildman–Crippen LogP) is 4.17. The number of rotatable bonds is 5. The van der Waals surface area contributed by atoms with Crippen LogP contribution in [0, 0.1) is 0 Å². The topological polar surface area (TPSA) is 46.2 Å². The number of anilines is 1. The SMILES string of the molecule is CCc1ccc(S(=O)(=O)Nc2ccccc2C(C)C)cc1. The third kappa shape index (κ3) is 3.64. The van der Waals surface area contributed by atoms with Crippen LogP contribution >= 0.6 is 0 Å². The highest BCUT2D eigenvalue weighted by molar-refractivity contribution is 7.92. The van der Waals surface area contributed by atoms with Crippen molar-refractivity contribution < 1.29 is 8.42 Å². The Kier molecular flexibility index (Phi) is 4.68. The van der Waals surface area contributed by atoms with Gasteiger partial charge < -0.3 is 0 Å². The molecule has 0 fully saturated rings. The fourth-order valence-corrected chi connectivity index (χ4v) is 3.29. The number of hydrogen-bond donors (Lipinski definition) is 1. The van der Waals surface area contributed by atoms with E-state index in [1.165, 1.54) is 0 Å². The number of para-hydroxylation sites is 1. The maximum Gasteiger partial charge on any atom is 0.261 e. The number of benzene rings is 2. The van der Waals surface area contributed by atoms with Crippen LogP contribution in [0.4, 0.5) is 5.69 Å². The van der Waals surface area contributed by atoms with Gasteiger partial charge in [-0.3, -0.25) is 4.72 Å². The number of hydrogen-bond acceptors (Lipinski definition) is 2. The minimum Gasteiger partial charge on any atom is -0.279 e. The van der Waals surface area contributed by atoms with Gasteiger partial charge in [-0.1, -0.05) is 51.1 Å². The van der Waals surface area contributed by atoms with Gasteiger partial charge in [-0.25, -0.2) is 8.42 Å². The molecule has 1 N–H and O–H groups in total. The Morgan fingerprint density at radius 3 is 2.19 bits per heavy atom. The summed E-state index contributed by atoms with van der Waals surface area (Å²) in [6.07, 6.45) is 0.893. The van der Waals surface area contributed by atoms with Crippen molar-refractivity contribution in [3.8, 4) is 0 Å². The quantitative estimate of drug-likeness (QED) is 0.901. The monoisotopic (exact) mass is 303 g/mol. The lowest BCUT2D eigenvalue weighted by molar-refractivity contribution is 0.601. The molecule has 0 unspecified atom stereocenters. The van der Waals surface area contributed by atoms with Crippen molar-refractivity contribution in [2.75, 3.05) is 4.72 Å². The molecule has 0 heterocycles. The fraction of sp³-hybridized carbons (Fsp3) is 0.294. The van der Waals surface area contributed by atoms with Gasteiger partial charge in [0.15, 0.2) is 0 Å². The lowest BCUT2D eigenvalue weighted by Crippen LogP contribution is -2.14. The maximum atomic E-state index is 12.5. The van der Waals surface area contributed by atoms with Crippen LogP contribution in [0.5, 0.6) is 0 Å². The minimum atomic E-state index is -3.54. The van der Waals surface area contributed by atoms with Gasteiger partial charge in [0.1, 0.15) is 0 Å². The van der Waals surface area contributed by atoms with Gasteiger partial charge in [-0.2, -0.15) is 0 Å². The standard InChI is InChI=1S/C17H21NO2S/c1-4-14-9-11-15(12-10-14)21(19,20)18-17-8-6-5-7-16(17)13(2)3/h5-13,18H,4H2,1-3H3. The van der Waals surface area contributed by atoms with Crippen molar-refractivity contribution in [3.63, 3.8) is 0 Å². The highest BCUT2D eigenvalue weighted by Crippen LogP contribution is 2.26. The van der Waals surface area contributed by atoms with Crippen molar-refractivity contribution in [2.45, 2.75) is 38.0 Å². The van der Waals surface area contributed by atoms with E-state index in [1.54, 1.807) is 18.2 Å². The molecule has 0 atom stereocenters. The van der Waals surface area contributed by atoms with Gasteiger partial charge in [0.05, 0.1) is 10.6 Å². The normalized spacial score (nSPS) is 11.6. The van der Waals surface area contributed by atoms with E-state index in [9.17, 15) is 8.42 Å². The largest absolute Gasteiger partial charge is 0.279 e. The molecule has 3 nitrogen and oxygen atoms in total. The summed E-state index contributed by atoms with van der Waals surface area (Å²) < 4.78 is 27.6. The second-order valence-electron chi connectivity index (χ2n) is 5.34. The average Bonchev–Trinajstić information content (AvgIpc) is 2.47. The summed E-state index contributed by atoms with van der Waals surface area (Å²) in [5, 5.41) is 0.